The Bertz CT molecular complexity index is 231. The van der Waals surface area contributed by atoms with Gasteiger partial charge in [0.2, 0.25) is 0 Å². The topological polar surface area (TPSA) is 12.5 Å². The van der Waals surface area contributed by atoms with Crippen LogP contribution in [0.25, 0.3) is 0 Å². The Kier molecular flexibility index (Phi) is 8.10. The van der Waals surface area contributed by atoms with Crippen LogP contribution in [0.1, 0.15) is 12.8 Å². The summed E-state index contributed by atoms with van der Waals surface area (Å²) in [5.41, 5.74) is -0.621. The van der Waals surface area contributed by atoms with Crippen LogP contribution in [0.5, 0.6) is 0 Å². The van der Waals surface area contributed by atoms with Crippen LogP contribution < -0.4 is 51.4 Å². The third-order valence-electron chi connectivity index (χ3n) is 2.73. The molecule has 0 unspecified atom stereocenters. The van der Waals surface area contributed by atoms with Crippen molar-refractivity contribution in [1.29, 1.82) is 0 Å². The number of hydrogen-bond donors (Lipinski definition) is 0. The fourth-order valence-electron chi connectivity index (χ4n) is 1.68. The van der Waals surface area contributed by atoms with Gasteiger partial charge in [-0.05, 0) is 26.4 Å². The van der Waals surface area contributed by atoms with E-state index in [9.17, 15) is 12.9 Å². The second-order valence-corrected chi connectivity index (χ2v) is 3.99. The fourth-order valence-corrected chi connectivity index (χ4v) is 1.68. The molecule has 0 aromatic heterocycles. The fraction of sp³-hybridized carbons (Fsp3) is 0.778. The van der Waals surface area contributed by atoms with E-state index in [0.717, 1.165) is 12.8 Å². The van der Waals surface area contributed by atoms with Crippen molar-refractivity contribution in [2.45, 2.75) is 18.9 Å². The molecular weight excluding hydrogens is 245 g/mol. The van der Waals surface area contributed by atoms with E-state index >= 15 is 0 Å². The van der Waals surface area contributed by atoms with E-state index < -0.39 is 12.4 Å². The molecule has 0 amide bonds. The minimum Gasteiger partial charge on any atom is -0.445 e. The predicted octanol–water partition coefficient (Wildman–Crippen LogP) is -0.956. The Balaban J connectivity index is 0.00000225. The summed E-state index contributed by atoms with van der Waals surface area (Å²) in [5, 5.41) is 0. The van der Waals surface area contributed by atoms with Gasteiger partial charge in [-0.1, -0.05) is 0 Å². The van der Waals surface area contributed by atoms with Crippen molar-refractivity contribution in [1.82, 2.24) is 4.90 Å². The summed E-state index contributed by atoms with van der Waals surface area (Å²) in [7, 11) is 1.71. The van der Waals surface area contributed by atoms with Crippen LogP contribution in [-0.2, 0) is 4.74 Å². The minimum atomic E-state index is -4.90. The summed E-state index contributed by atoms with van der Waals surface area (Å²) in [6.45, 7) is -0.621. The van der Waals surface area contributed by atoms with Crippen LogP contribution in [0.15, 0.2) is 12.1 Å². The molecule has 1 rings (SSSR count). The number of nitrogens with zero attached hydrogens (tertiary/aromatic N) is 1. The minimum absolute atomic E-state index is 0. The standard InChI is InChI=1S/C9H16BF3NO.K/c1-8(10(11,12)13)7-14(2)9-3-5-15-6-4-9;/h9H,1,3-7H2,2H3;/q-1;+1. The zero-order chi connectivity index (χ0) is 11.5. The Morgan fingerprint density at radius 2 is 1.88 bits per heavy atom. The van der Waals surface area contributed by atoms with Gasteiger partial charge in [0.05, 0.1) is 0 Å². The van der Waals surface area contributed by atoms with Crippen molar-refractivity contribution < 1.29 is 69.1 Å². The van der Waals surface area contributed by atoms with E-state index in [-0.39, 0.29) is 64.0 Å². The van der Waals surface area contributed by atoms with E-state index in [0.29, 0.717) is 13.2 Å². The van der Waals surface area contributed by atoms with Crippen molar-refractivity contribution in [3.05, 3.63) is 12.1 Å². The quantitative estimate of drug-likeness (QED) is 0.605. The maximum atomic E-state index is 12.3. The molecule has 0 aromatic rings. The van der Waals surface area contributed by atoms with Crippen molar-refractivity contribution in [2.75, 3.05) is 26.8 Å². The van der Waals surface area contributed by atoms with Gasteiger partial charge in [0, 0.05) is 19.3 Å². The average molecular weight is 261 g/mol. The van der Waals surface area contributed by atoms with Gasteiger partial charge >= 0.3 is 58.4 Å². The molecule has 1 aliphatic rings. The Morgan fingerprint density at radius 3 is 2.31 bits per heavy atom. The maximum Gasteiger partial charge on any atom is 1.00 e. The number of ether oxygens (including phenoxy) is 1. The van der Waals surface area contributed by atoms with E-state index in [1.165, 1.54) is 0 Å². The van der Waals surface area contributed by atoms with E-state index in [4.69, 9.17) is 4.74 Å². The molecule has 0 spiro atoms. The molecule has 1 saturated heterocycles. The van der Waals surface area contributed by atoms with E-state index in [2.05, 4.69) is 6.58 Å². The van der Waals surface area contributed by atoms with Gasteiger partial charge in [0.25, 0.3) is 0 Å². The van der Waals surface area contributed by atoms with Gasteiger partial charge < -0.3 is 22.6 Å². The van der Waals surface area contributed by atoms with Gasteiger partial charge in [0.15, 0.2) is 0 Å². The van der Waals surface area contributed by atoms with Crippen LogP contribution in [0.4, 0.5) is 12.9 Å². The molecule has 16 heavy (non-hydrogen) atoms. The number of hydrogen-bond acceptors (Lipinski definition) is 2. The van der Waals surface area contributed by atoms with Gasteiger partial charge in [-0.25, -0.2) is 0 Å². The predicted molar refractivity (Wildman–Crippen MR) is 54.7 cm³/mol. The monoisotopic (exact) mass is 261 g/mol. The van der Waals surface area contributed by atoms with Crippen LogP contribution in [-0.4, -0.2) is 44.7 Å². The van der Waals surface area contributed by atoms with Gasteiger partial charge in [-0.2, -0.15) is 0 Å². The summed E-state index contributed by atoms with van der Waals surface area (Å²) in [6, 6.07) is 0.189. The molecule has 1 aliphatic heterocycles. The van der Waals surface area contributed by atoms with E-state index in [1.807, 2.05) is 0 Å². The summed E-state index contributed by atoms with van der Waals surface area (Å²) in [4.78, 5) is 1.72. The first-order valence-corrected chi connectivity index (χ1v) is 5.07. The van der Waals surface area contributed by atoms with E-state index in [1.54, 1.807) is 11.9 Å². The molecule has 0 bridgehead atoms. The largest absolute Gasteiger partial charge is 1.00 e. The molecule has 0 radical (unpaired) electrons. The second kappa shape index (κ2) is 7.56. The third kappa shape index (κ3) is 5.66. The Hall–Kier alpha value is 1.15. The first-order chi connectivity index (χ1) is 6.91. The molecule has 0 saturated carbocycles. The Morgan fingerprint density at radius 1 is 1.38 bits per heavy atom. The summed E-state index contributed by atoms with van der Waals surface area (Å²) < 4.78 is 42.0. The summed E-state index contributed by atoms with van der Waals surface area (Å²) in [5.74, 6) is 0. The zero-order valence-electron chi connectivity index (χ0n) is 9.89. The SMILES string of the molecule is C=C(CN(C)C1CCOCC1)[B-](F)(F)F.[K+]. The average Bonchev–Trinajstić information content (AvgIpc) is 2.17. The van der Waals surface area contributed by atoms with Gasteiger partial charge in [-0.3, -0.25) is 0 Å². The molecular formula is C9H16BF3KNO. The number of rotatable bonds is 4. The van der Waals surface area contributed by atoms with Crippen molar-refractivity contribution in [2.24, 2.45) is 0 Å². The van der Waals surface area contributed by atoms with Gasteiger partial charge in [0.1, 0.15) is 0 Å². The molecule has 1 heterocycles. The normalized spacial score (nSPS) is 18.3. The number of halogens is 3. The molecule has 0 aromatic carbocycles. The van der Waals surface area contributed by atoms with Crippen LogP contribution in [0.2, 0.25) is 0 Å². The molecule has 0 aliphatic carbocycles. The second-order valence-electron chi connectivity index (χ2n) is 3.99. The van der Waals surface area contributed by atoms with Crippen molar-refractivity contribution >= 4 is 6.98 Å². The molecule has 2 nitrogen and oxygen atoms in total. The molecule has 0 N–H and O–H groups in total. The molecule has 7 heteroatoms. The van der Waals surface area contributed by atoms with Crippen LogP contribution in [0, 0.1) is 0 Å². The van der Waals surface area contributed by atoms with Gasteiger partial charge in [-0.15, -0.1) is 12.1 Å². The molecule has 0 atom stereocenters. The van der Waals surface area contributed by atoms with Crippen LogP contribution >= 0.6 is 0 Å². The first kappa shape index (κ1) is 17.2. The van der Waals surface area contributed by atoms with Crippen molar-refractivity contribution in [3.63, 3.8) is 0 Å². The summed E-state index contributed by atoms with van der Waals surface area (Å²) >= 11 is 0. The number of likely N-dealkylation sites (N-methyl/N-ethyl adjacent to an activating group) is 1. The smallest absolute Gasteiger partial charge is 0.445 e. The molecule has 88 valence electrons. The third-order valence-corrected chi connectivity index (χ3v) is 2.73. The maximum absolute atomic E-state index is 12.3. The molecule has 1 fully saturated rings. The Labute approximate surface area is 137 Å². The van der Waals surface area contributed by atoms with Crippen molar-refractivity contribution in [3.8, 4) is 0 Å². The zero-order valence-corrected chi connectivity index (χ0v) is 13.0. The first-order valence-electron chi connectivity index (χ1n) is 5.07. The van der Waals surface area contributed by atoms with Crippen LogP contribution in [0.3, 0.4) is 0 Å². The summed E-state index contributed by atoms with van der Waals surface area (Å²) in [6.07, 6.45) is 1.60.